The van der Waals surface area contributed by atoms with Crippen molar-refractivity contribution in [1.29, 1.82) is 5.26 Å². The van der Waals surface area contributed by atoms with E-state index in [1.807, 2.05) is 25.2 Å². The first-order valence-electron chi connectivity index (χ1n) is 8.49. The van der Waals surface area contributed by atoms with E-state index in [0.717, 1.165) is 24.9 Å². The van der Waals surface area contributed by atoms with Crippen molar-refractivity contribution in [2.75, 3.05) is 13.6 Å². The van der Waals surface area contributed by atoms with Gasteiger partial charge < -0.3 is 10.1 Å². The summed E-state index contributed by atoms with van der Waals surface area (Å²) in [5.74, 6) is 0. The van der Waals surface area contributed by atoms with Crippen LogP contribution in [0.25, 0.3) is 0 Å². The first-order valence-corrected chi connectivity index (χ1v) is 8.49. The van der Waals surface area contributed by atoms with Crippen molar-refractivity contribution < 1.29 is 4.74 Å². The molecule has 2 aromatic rings. The molecule has 0 fully saturated rings. The number of nitriles is 1. The SMILES string of the molecule is CNCCCC1(c2ccccc2)OC(C)(C)c2cc(C#N)ccc21. The number of rotatable bonds is 5. The predicted octanol–water partition coefficient (Wildman–Crippen LogP) is 4.07. The van der Waals surface area contributed by atoms with Gasteiger partial charge in [0.05, 0.1) is 17.2 Å². The highest BCUT2D eigenvalue weighted by molar-refractivity contribution is 5.51. The minimum Gasteiger partial charge on any atom is -0.355 e. The summed E-state index contributed by atoms with van der Waals surface area (Å²) >= 11 is 0. The molecule has 0 radical (unpaired) electrons. The molecule has 124 valence electrons. The normalized spacial score (nSPS) is 21.2. The number of ether oxygens (including phenoxy) is 1. The average Bonchev–Trinajstić information content (AvgIpc) is 2.84. The molecule has 0 bridgehead atoms. The van der Waals surface area contributed by atoms with E-state index in [4.69, 9.17) is 4.74 Å². The lowest BCUT2D eigenvalue weighted by Gasteiger charge is -2.33. The molecule has 1 aliphatic rings. The van der Waals surface area contributed by atoms with Crippen LogP contribution in [-0.2, 0) is 15.9 Å². The molecule has 0 saturated carbocycles. The summed E-state index contributed by atoms with van der Waals surface area (Å²) in [6.07, 6.45) is 1.92. The van der Waals surface area contributed by atoms with Crippen LogP contribution in [0, 0.1) is 11.3 Å². The minimum absolute atomic E-state index is 0.419. The molecule has 3 heteroatoms. The molecule has 1 N–H and O–H groups in total. The maximum absolute atomic E-state index is 9.26. The first kappa shape index (κ1) is 16.7. The second-order valence-corrected chi connectivity index (χ2v) is 6.88. The topological polar surface area (TPSA) is 45.0 Å². The number of nitrogens with one attached hydrogen (secondary N) is 1. The van der Waals surface area contributed by atoms with Gasteiger partial charge >= 0.3 is 0 Å². The molecule has 1 aliphatic heterocycles. The predicted molar refractivity (Wildman–Crippen MR) is 95.7 cm³/mol. The van der Waals surface area contributed by atoms with Crippen LogP contribution in [0.4, 0.5) is 0 Å². The molecular formula is C21H24N2O. The fraction of sp³-hybridized carbons (Fsp3) is 0.381. The van der Waals surface area contributed by atoms with Crippen molar-refractivity contribution in [3.8, 4) is 6.07 Å². The summed E-state index contributed by atoms with van der Waals surface area (Å²) in [4.78, 5) is 0. The fourth-order valence-electron chi connectivity index (χ4n) is 3.78. The smallest absolute Gasteiger partial charge is 0.120 e. The summed E-state index contributed by atoms with van der Waals surface area (Å²) in [6.45, 7) is 5.13. The number of hydrogen-bond acceptors (Lipinski definition) is 3. The van der Waals surface area contributed by atoms with Crippen molar-refractivity contribution in [1.82, 2.24) is 5.32 Å². The van der Waals surface area contributed by atoms with Crippen molar-refractivity contribution in [2.45, 2.75) is 37.9 Å². The van der Waals surface area contributed by atoms with Gasteiger partial charge in [0.25, 0.3) is 0 Å². The van der Waals surface area contributed by atoms with E-state index in [9.17, 15) is 5.26 Å². The Morgan fingerprint density at radius 2 is 1.83 bits per heavy atom. The average molecular weight is 320 g/mol. The highest BCUT2D eigenvalue weighted by Gasteiger charge is 2.49. The minimum atomic E-state index is -0.453. The Labute approximate surface area is 144 Å². The van der Waals surface area contributed by atoms with Gasteiger partial charge in [-0.25, -0.2) is 0 Å². The Hall–Kier alpha value is -2.15. The van der Waals surface area contributed by atoms with E-state index in [1.54, 1.807) is 0 Å². The highest BCUT2D eigenvalue weighted by atomic mass is 16.5. The van der Waals surface area contributed by atoms with Gasteiger partial charge in [0.1, 0.15) is 5.60 Å². The summed E-state index contributed by atoms with van der Waals surface area (Å²) in [7, 11) is 1.97. The lowest BCUT2D eigenvalue weighted by molar-refractivity contribution is -0.107. The number of hydrogen-bond donors (Lipinski definition) is 1. The van der Waals surface area contributed by atoms with Crippen LogP contribution < -0.4 is 5.32 Å². The fourth-order valence-corrected chi connectivity index (χ4v) is 3.78. The Bertz CT molecular complexity index is 761. The van der Waals surface area contributed by atoms with Gasteiger partial charge in [0, 0.05) is 0 Å². The van der Waals surface area contributed by atoms with Gasteiger partial charge in [-0.15, -0.1) is 0 Å². The third-order valence-electron chi connectivity index (χ3n) is 4.86. The number of nitrogens with zero attached hydrogens (tertiary/aromatic N) is 1. The van der Waals surface area contributed by atoms with Crippen molar-refractivity contribution in [3.63, 3.8) is 0 Å². The molecule has 2 aromatic carbocycles. The van der Waals surface area contributed by atoms with Gasteiger partial charge in [0.15, 0.2) is 0 Å². The molecular weight excluding hydrogens is 296 g/mol. The molecule has 0 spiro atoms. The van der Waals surface area contributed by atoms with Gasteiger partial charge in [-0.05, 0) is 69.1 Å². The van der Waals surface area contributed by atoms with Gasteiger partial charge in [0.2, 0.25) is 0 Å². The van der Waals surface area contributed by atoms with Crippen LogP contribution in [0.5, 0.6) is 0 Å². The molecule has 0 amide bonds. The molecule has 3 rings (SSSR count). The lowest BCUT2D eigenvalue weighted by atomic mass is 9.80. The summed E-state index contributed by atoms with van der Waals surface area (Å²) < 4.78 is 6.70. The molecule has 0 saturated heterocycles. The molecule has 0 aliphatic carbocycles. The summed E-state index contributed by atoms with van der Waals surface area (Å²) in [6, 6.07) is 18.7. The van der Waals surface area contributed by atoms with E-state index in [1.165, 1.54) is 11.1 Å². The molecule has 24 heavy (non-hydrogen) atoms. The molecule has 3 nitrogen and oxygen atoms in total. The standard InChI is InChI=1S/C21H24N2O/c1-20(2)19-14-16(15-22)10-11-18(19)21(24-20,12-7-13-23-3)17-8-5-4-6-9-17/h4-6,8-11,14,23H,7,12-13H2,1-3H3. The maximum atomic E-state index is 9.26. The molecule has 1 unspecified atom stereocenters. The number of fused-ring (bicyclic) bond motifs is 1. The lowest BCUT2D eigenvalue weighted by Crippen LogP contribution is -2.31. The van der Waals surface area contributed by atoms with Gasteiger partial charge in [-0.2, -0.15) is 5.26 Å². The zero-order chi connectivity index (χ0) is 17.2. The zero-order valence-corrected chi connectivity index (χ0v) is 14.6. The summed E-state index contributed by atoms with van der Waals surface area (Å²) in [5, 5.41) is 12.5. The second kappa shape index (κ2) is 6.39. The van der Waals surface area contributed by atoms with E-state index in [2.05, 4.69) is 55.6 Å². The van der Waals surface area contributed by atoms with Gasteiger partial charge in [-0.3, -0.25) is 0 Å². The van der Waals surface area contributed by atoms with Crippen LogP contribution in [-0.4, -0.2) is 13.6 Å². The molecule has 1 atom stereocenters. The van der Waals surface area contributed by atoms with Crippen LogP contribution in [0.3, 0.4) is 0 Å². The molecule has 0 aromatic heterocycles. The van der Waals surface area contributed by atoms with Crippen LogP contribution in [0.15, 0.2) is 48.5 Å². The van der Waals surface area contributed by atoms with E-state index < -0.39 is 11.2 Å². The monoisotopic (exact) mass is 320 g/mol. The Morgan fingerprint density at radius 3 is 2.50 bits per heavy atom. The third kappa shape index (κ3) is 2.73. The largest absolute Gasteiger partial charge is 0.355 e. The van der Waals surface area contributed by atoms with Crippen LogP contribution in [0.1, 0.15) is 48.9 Å². The highest BCUT2D eigenvalue weighted by Crippen LogP contribution is 2.52. The third-order valence-corrected chi connectivity index (χ3v) is 4.86. The first-order chi connectivity index (χ1) is 11.5. The second-order valence-electron chi connectivity index (χ2n) is 6.88. The van der Waals surface area contributed by atoms with E-state index in [-0.39, 0.29) is 0 Å². The zero-order valence-electron chi connectivity index (χ0n) is 14.6. The van der Waals surface area contributed by atoms with Gasteiger partial charge in [-0.1, -0.05) is 36.4 Å². The van der Waals surface area contributed by atoms with E-state index in [0.29, 0.717) is 5.56 Å². The Balaban J connectivity index is 2.16. The van der Waals surface area contributed by atoms with Crippen molar-refractivity contribution >= 4 is 0 Å². The maximum Gasteiger partial charge on any atom is 0.120 e. The molecule has 1 heterocycles. The quantitative estimate of drug-likeness (QED) is 0.845. The van der Waals surface area contributed by atoms with Crippen LogP contribution in [0.2, 0.25) is 0 Å². The van der Waals surface area contributed by atoms with Crippen LogP contribution >= 0.6 is 0 Å². The van der Waals surface area contributed by atoms with Crippen molar-refractivity contribution in [2.24, 2.45) is 0 Å². The van der Waals surface area contributed by atoms with Crippen molar-refractivity contribution in [3.05, 3.63) is 70.8 Å². The van der Waals surface area contributed by atoms with E-state index >= 15 is 0 Å². The Morgan fingerprint density at radius 1 is 1.08 bits per heavy atom. The summed E-state index contributed by atoms with van der Waals surface area (Å²) in [5.41, 5.74) is 3.30. The Kier molecular flexibility index (Phi) is 4.45. The number of benzene rings is 2.